The number of hydrogen-bond donors (Lipinski definition) is 1. The van der Waals surface area contributed by atoms with Gasteiger partial charge < -0.3 is 9.84 Å². The molecule has 0 amide bonds. The van der Waals surface area contributed by atoms with Gasteiger partial charge >= 0.3 is 5.97 Å². The minimum absolute atomic E-state index is 0.0493. The lowest BCUT2D eigenvalue weighted by molar-refractivity contribution is 0.0692. The molecule has 0 saturated heterocycles. The predicted octanol–water partition coefficient (Wildman–Crippen LogP) is 0.745. The third-order valence-corrected chi connectivity index (χ3v) is 2.12. The van der Waals surface area contributed by atoms with Crippen molar-refractivity contribution in [1.29, 1.82) is 0 Å². The van der Waals surface area contributed by atoms with E-state index in [9.17, 15) is 9.59 Å². The molecule has 0 radical (unpaired) electrons. The number of carboxylic acids is 1. The highest BCUT2D eigenvalue weighted by Crippen LogP contribution is 2.17. The molecule has 0 aromatic carbocycles. The molecule has 5 nitrogen and oxygen atoms in total. The monoisotopic (exact) mass is 217 g/mol. The molecule has 0 fully saturated rings. The Labute approximate surface area is 84.5 Å². The molecular formula is C8H8ClNO4. The summed E-state index contributed by atoms with van der Waals surface area (Å²) in [5, 5.41) is 8.80. The Hall–Kier alpha value is -1.49. The number of pyridine rings is 1. The number of rotatable bonds is 2. The molecule has 0 aliphatic carbocycles. The molecule has 1 N–H and O–H groups in total. The van der Waals surface area contributed by atoms with Crippen molar-refractivity contribution in [3.05, 3.63) is 27.1 Å². The number of ether oxygens (including phenoxy) is 1. The van der Waals surface area contributed by atoms with E-state index in [-0.39, 0.29) is 16.5 Å². The summed E-state index contributed by atoms with van der Waals surface area (Å²) >= 11 is 5.64. The van der Waals surface area contributed by atoms with Gasteiger partial charge in [0.2, 0.25) is 0 Å². The number of carbonyl (C=O) groups is 1. The van der Waals surface area contributed by atoms with Crippen LogP contribution in [0.15, 0.2) is 10.9 Å². The molecule has 1 aromatic rings. The first-order valence-electron chi connectivity index (χ1n) is 3.65. The van der Waals surface area contributed by atoms with E-state index in [2.05, 4.69) is 0 Å². The minimum atomic E-state index is -1.25. The molecule has 0 atom stereocenters. The number of halogens is 1. The van der Waals surface area contributed by atoms with E-state index in [1.807, 2.05) is 0 Å². The molecule has 1 heterocycles. The molecular weight excluding hydrogens is 210 g/mol. The predicted molar refractivity (Wildman–Crippen MR) is 50.2 cm³/mol. The van der Waals surface area contributed by atoms with Crippen molar-refractivity contribution < 1.29 is 14.6 Å². The van der Waals surface area contributed by atoms with Gasteiger partial charge in [-0.1, -0.05) is 11.6 Å². The van der Waals surface area contributed by atoms with Crippen molar-refractivity contribution >= 4 is 17.6 Å². The fraction of sp³-hybridized carbons (Fsp3) is 0.250. The second-order valence-corrected chi connectivity index (χ2v) is 2.97. The SMILES string of the molecule is COc1c(C(=O)O)cc(Cl)n(C)c1=O. The molecule has 0 saturated carbocycles. The summed E-state index contributed by atoms with van der Waals surface area (Å²) in [4.78, 5) is 22.1. The van der Waals surface area contributed by atoms with Crippen LogP contribution < -0.4 is 10.3 Å². The second-order valence-electron chi connectivity index (χ2n) is 2.58. The van der Waals surface area contributed by atoms with Gasteiger partial charge in [-0.3, -0.25) is 9.36 Å². The number of methoxy groups -OCH3 is 1. The zero-order valence-corrected chi connectivity index (χ0v) is 8.33. The maximum atomic E-state index is 11.4. The third-order valence-electron chi connectivity index (χ3n) is 1.76. The van der Waals surface area contributed by atoms with Gasteiger partial charge in [0.15, 0.2) is 5.75 Å². The lowest BCUT2D eigenvalue weighted by Crippen LogP contribution is -2.22. The van der Waals surface area contributed by atoms with Crippen molar-refractivity contribution in [2.24, 2.45) is 7.05 Å². The van der Waals surface area contributed by atoms with E-state index in [4.69, 9.17) is 21.4 Å². The van der Waals surface area contributed by atoms with Gasteiger partial charge in [-0.2, -0.15) is 0 Å². The van der Waals surface area contributed by atoms with Crippen LogP contribution in [0.25, 0.3) is 0 Å². The average Bonchev–Trinajstić information content (AvgIpc) is 2.13. The Morgan fingerprint density at radius 3 is 2.64 bits per heavy atom. The van der Waals surface area contributed by atoms with Crippen LogP contribution in [-0.2, 0) is 7.05 Å². The molecule has 76 valence electrons. The van der Waals surface area contributed by atoms with Gasteiger partial charge in [0.05, 0.1) is 7.11 Å². The van der Waals surface area contributed by atoms with Gasteiger partial charge in [0.25, 0.3) is 5.56 Å². The van der Waals surface area contributed by atoms with E-state index in [1.165, 1.54) is 20.2 Å². The molecule has 1 rings (SSSR count). The second kappa shape index (κ2) is 3.71. The van der Waals surface area contributed by atoms with Gasteiger partial charge in [-0.25, -0.2) is 4.79 Å². The summed E-state index contributed by atoms with van der Waals surface area (Å²) < 4.78 is 5.80. The van der Waals surface area contributed by atoms with Crippen LogP contribution in [0.1, 0.15) is 10.4 Å². The normalized spacial score (nSPS) is 9.93. The van der Waals surface area contributed by atoms with Gasteiger partial charge in [-0.15, -0.1) is 0 Å². The molecule has 6 heteroatoms. The molecule has 0 bridgehead atoms. The summed E-state index contributed by atoms with van der Waals surface area (Å²) in [6.07, 6.45) is 0. The van der Waals surface area contributed by atoms with Crippen LogP contribution in [0.5, 0.6) is 5.75 Å². The maximum Gasteiger partial charge on any atom is 0.339 e. The Kier molecular flexibility index (Phi) is 2.81. The van der Waals surface area contributed by atoms with Crippen LogP contribution >= 0.6 is 11.6 Å². The first-order valence-corrected chi connectivity index (χ1v) is 4.03. The van der Waals surface area contributed by atoms with Crippen molar-refractivity contribution in [3.63, 3.8) is 0 Å². The summed E-state index contributed by atoms with van der Waals surface area (Å²) in [6, 6.07) is 1.17. The standard InChI is InChI=1S/C8H8ClNO4/c1-10-5(9)3-4(8(12)13)6(14-2)7(10)11/h3H,1-2H3,(H,12,13). The lowest BCUT2D eigenvalue weighted by Gasteiger charge is -2.07. The van der Waals surface area contributed by atoms with Crippen LogP contribution in [0.3, 0.4) is 0 Å². The molecule has 0 spiro atoms. The van der Waals surface area contributed by atoms with Gasteiger partial charge in [0, 0.05) is 7.05 Å². The zero-order valence-electron chi connectivity index (χ0n) is 7.57. The topological polar surface area (TPSA) is 68.5 Å². The first kappa shape index (κ1) is 10.6. The Morgan fingerprint density at radius 2 is 2.21 bits per heavy atom. The summed E-state index contributed by atoms with van der Waals surface area (Å²) in [5.41, 5.74) is -0.807. The van der Waals surface area contributed by atoms with Crippen LogP contribution in [0.2, 0.25) is 5.15 Å². The third kappa shape index (κ3) is 1.58. The van der Waals surface area contributed by atoms with E-state index >= 15 is 0 Å². The van der Waals surface area contributed by atoms with Crippen molar-refractivity contribution in [3.8, 4) is 5.75 Å². The molecule has 14 heavy (non-hydrogen) atoms. The van der Waals surface area contributed by atoms with E-state index in [1.54, 1.807) is 0 Å². The van der Waals surface area contributed by atoms with Gasteiger partial charge in [0.1, 0.15) is 10.7 Å². The summed E-state index contributed by atoms with van der Waals surface area (Å²) in [7, 11) is 2.66. The molecule has 1 aromatic heterocycles. The highest BCUT2D eigenvalue weighted by molar-refractivity contribution is 6.30. The summed E-state index contributed by atoms with van der Waals surface area (Å²) in [6.45, 7) is 0. The van der Waals surface area contributed by atoms with Crippen molar-refractivity contribution in [2.75, 3.05) is 7.11 Å². The Morgan fingerprint density at radius 1 is 1.64 bits per heavy atom. The van der Waals surface area contributed by atoms with Gasteiger partial charge in [-0.05, 0) is 6.07 Å². The Bertz CT molecular complexity index is 438. The smallest absolute Gasteiger partial charge is 0.339 e. The number of nitrogens with zero attached hydrogens (tertiary/aromatic N) is 1. The first-order chi connectivity index (χ1) is 6.49. The highest BCUT2D eigenvalue weighted by Gasteiger charge is 2.17. The lowest BCUT2D eigenvalue weighted by atomic mass is 10.2. The number of carboxylic acid groups (broad SMARTS) is 1. The maximum absolute atomic E-state index is 11.4. The van der Waals surface area contributed by atoms with Crippen LogP contribution in [-0.4, -0.2) is 22.8 Å². The van der Waals surface area contributed by atoms with Crippen LogP contribution in [0.4, 0.5) is 0 Å². The van der Waals surface area contributed by atoms with E-state index in [0.717, 1.165) is 4.57 Å². The molecule has 0 aliphatic heterocycles. The van der Waals surface area contributed by atoms with Crippen molar-refractivity contribution in [1.82, 2.24) is 4.57 Å². The quantitative estimate of drug-likeness (QED) is 0.742. The minimum Gasteiger partial charge on any atom is -0.490 e. The number of aromatic carboxylic acids is 1. The number of hydrogen-bond acceptors (Lipinski definition) is 3. The van der Waals surface area contributed by atoms with E-state index in [0.29, 0.717) is 0 Å². The molecule has 0 aliphatic rings. The largest absolute Gasteiger partial charge is 0.490 e. The zero-order chi connectivity index (χ0) is 10.9. The highest BCUT2D eigenvalue weighted by atomic mass is 35.5. The van der Waals surface area contributed by atoms with Crippen molar-refractivity contribution in [2.45, 2.75) is 0 Å². The fourth-order valence-electron chi connectivity index (χ4n) is 1.00. The van der Waals surface area contributed by atoms with Crippen LogP contribution in [0, 0.1) is 0 Å². The fourth-order valence-corrected chi connectivity index (χ4v) is 1.19. The molecule has 0 unspecified atom stereocenters. The Balaban J connectivity index is 3.60. The summed E-state index contributed by atoms with van der Waals surface area (Å²) in [5.74, 6) is -1.47. The number of aromatic nitrogens is 1. The van der Waals surface area contributed by atoms with E-state index < -0.39 is 11.5 Å². The average molecular weight is 218 g/mol.